The Morgan fingerprint density at radius 3 is 2.63 bits per heavy atom. The molecule has 1 aliphatic rings. The molecule has 1 unspecified atom stereocenters. The van der Waals surface area contributed by atoms with Crippen molar-refractivity contribution in [3.8, 4) is 5.75 Å². The second-order valence-electron chi connectivity index (χ2n) is 6.18. The third-order valence-electron chi connectivity index (χ3n) is 4.57. The number of aromatic hydroxyl groups is 1. The van der Waals surface area contributed by atoms with E-state index in [0.717, 1.165) is 18.0 Å². The monoisotopic (exact) mass is 261 g/mol. The van der Waals surface area contributed by atoms with E-state index in [1.54, 1.807) is 0 Å². The van der Waals surface area contributed by atoms with Crippen LogP contribution in [0.2, 0.25) is 0 Å². The average molecular weight is 261 g/mol. The molecule has 1 atom stereocenters. The van der Waals surface area contributed by atoms with Gasteiger partial charge in [-0.05, 0) is 45.7 Å². The highest BCUT2D eigenvalue weighted by Crippen LogP contribution is 2.31. The Hall–Kier alpha value is -1.02. The Balaban J connectivity index is 2.01. The van der Waals surface area contributed by atoms with E-state index in [-0.39, 0.29) is 6.04 Å². The summed E-state index contributed by atoms with van der Waals surface area (Å²) in [6, 6.07) is 6.17. The van der Waals surface area contributed by atoms with Crippen molar-refractivity contribution in [1.82, 2.24) is 4.90 Å². The second-order valence-corrected chi connectivity index (χ2v) is 6.18. The highest BCUT2D eigenvalue weighted by Gasteiger charge is 2.20. The van der Waals surface area contributed by atoms with Gasteiger partial charge in [-0.3, -0.25) is 4.90 Å². The summed E-state index contributed by atoms with van der Waals surface area (Å²) in [7, 11) is 2.18. The zero-order valence-electron chi connectivity index (χ0n) is 12.5. The van der Waals surface area contributed by atoms with E-state index in [9.17, 15) is 5.11 Å². The molecule has 1 N–H and O–H groups in total. The van der Waals surface area contributed by atoms with Gasteiger partial charge < -0.3 is 5.11 Å². The SMILES string of the molecule is Cc1ccc(O)c(C(C)N(C)CC2CCCCC2)c1. The van der Waals surface area contributed by atoms with Crippen LogP contribution in [0.1, 0.15) is 56.2 Å². The molecule has 0 bridgehead atoms. The van der Waals surface area contributed by atoms with Crippen molar-refractivity contribution in [3.63, 3.8) is 0 Å². The van der Waals surface area contributed by atoms with Crippen LogP contribution in [0, 0.1) is 12.8 Å². The number of rotatable bonds is 4. The second kappa shape index (κ2) is 6.42. The third kappa shape index (κ3) is 3.73. The van der Waals surface area contributed by atoms with Gasteiger partial charge in [0.2, 0.25) is 0 Å². The lowest BCUT2D eigenvalue weighted by atomic mass is 9.88. The van der Waals surface area contributed by atoms with Gasteiger partial charge in [0, 0.05) is 18.2 Å². The van der Waals surface area contributed by atoms with Gasteiger partial charge in [-0.1, -0.05) is 37.0 Å². The topological polar surface area (TPSA) is 23.5 Å². The van der Waals surface area contributed by atoms with Crippen molar-refractivity contribution in [2.24, 2.45) is 5.92 Å². The van der Waals surface area contributed by atoms with E-state index in [1.165, 1.54) is 37.7 Å². The molecule has 0 aromatic heterocycles. The van der Waals surface area contributed by atoms with Crippen LogP contribution >= 0.6 is 0 Å². The van der Waals surface area contributed by atoms with Gasteiger partial charge in [-0.25, -0.2) is 0 Å². The molecule has 1 aromatic rings. The molecular weight excluding hydrogens is 234 g/mol. The summed E-state index contributed by atoms with van der Waals surface area (Å²) in [5, 5.41) is 10.0. The summed E-state index contributed by atoms with van der Waals surface area (Å²) in [4.78, 5) is 2.39. The lowest BCUT2D eigenvalue weighted by Crippen LogP contribution is -2.29. The number of aryl methyl sites for hydroxylation is 1. The number of phenolic OH excluding ortho intramolecular Hbond substituents is 1. The maximum atomic E-state index is 10.0. The Morgan fingerprint density at radius 1 is 1.26 bits per heavy atom. The average Bonchev–Trinajstić information content (AvgIpc) is 2.42. The van der Waals surface area contributed by atoms with Crippen LogP contribution in [-0.2, 0) is 0 Å². The van der Waals surface area contributed by atoms with Crippen LogP contribution in [0.25, 0.3) is 0 Å². The Labute approximate surface area is 117 Å². The van der Waals surface area contributed by atoms with E-state index in [4.69, 9.17) is 0 Å². The van der Waals surface area contributed by atoms with Crippen molar-refractivity contribution < 1.29 is 5.11 Å². The number of nitrogens with zero attached hydrogens (tertiary/aromatic N) is 1. The highest BCUT2D eigenvalue weighted by molar-refractivity contribution is 5.37. The number of benzene rings is 1. The first kappa shape index (κ1) is 14.4. The molecule has 0 radical (unpaired) electrons. The minimum Gasteiger partial charge on any atom is -0.508 e. The molecule has 1 aromatic carbocycles. The first-order valence-electron chi connectivity index (χ1n) is 7.57. The lowest BCUT2D eigenvalue weighted by molar-refractivity contribution is 0.190. The van der Waals surface area contributed by atoms with Gasteiger partial charge in [0.1, 0.15) is 5.75 Å². The molecule has 1 aliphatic carbocycles. The van der Waals surface area contributed by atoms with E-state index in [0.29, 0.717) is 5.75 Å². The molecule has 0 spiro atoms. The number of hydrogen-bond donors (Lipinski definition) is 1. The largest absolute Gasteiger partial charge is 0.508 e. The van der Waals surface area contributed by atoms with Crippen LogP contribution in [-0.4, -0.2) is 23.6 Å². The molecular formula is C17H27NO. The van der Waals surface area contributed by atoms with Crippen LogP contribution in [0.3, 0.4) is 0 Å². The number of hydrogen-bond acceptors (Lipinski definition) is 2. The fourth-order valence-corrected chi connectivity index (χ4v) is 3.18. The minimum atomic E-state index is 0.279. The summed E-state index contributed by atoms with van der Waals surface area (Å²) in [6.45, 7) is 5.42. The molecule has 0 heterocycles. The zero-order valence-corrected chi connectivity index (χ0v) is 12.5. The van der Waals surface area contributed by atoms with E-state index in [1.807, 2.05) is 12.1 Å². The molecule has 0 saturated heterocycles. The van der Waals surface area contributed by atoms with Crippen LogP contribution in [0.4, 0.5) is 0 Å². The maximum absolute atomic E-state index is 10.0. The minimum absolute atomic E-state index is 0.279. The fraction of sp³-hybridized carbons (Fsp3) is 0.647. The Kier molecular flexibility index (Phi) is 4.87. The van der Waals surface area contributed by atoms with Crippen molar-refractivity contribution in [3.05, 3.63) is 29.3 Å². The van der Waals surface area contributed by atoms with Crippen molar-refractivity contribution in [1.29, 1.82) is 0 Å². The van der Waals surface area contributed by atoms with Crippen molar-refractivity contribution in [2.45, 2.75) is 52.0 Å². The quantitative estimate of drug-likeness (QED) is 0.874. The molecule has 1 saturated carbocycles. The van der Waals surface area contributed by atoms with Crippen molar-refractivity contribution in [2.75, 3.05) is 13.6 Å². The summed E-state index contributed by atoms with van der Waals surface area (Å²) in [5.41, 5.74) is 2.27. The van der Waals surface area contributed by atoms with E-state index < -0.39 is 0 Å². The van der Waals surface area contributed by atoms with Gasteiger partial charge in [-0.2, -0.15) is 0 Å². The first-order valence-corrected chi connectivity index (χ1v) is 7.57. The van der Waals surface area contributed by atoms with Gasteiger partial charge in [0.15, 0.2) is 0 Å². The van der Waals surface area contributed by atoms with Gasteiger partial charge >= 0.3 is 0 Å². The first-order chi connectivity index (χ1) is 9.08. The maximum Gasteiger partial charge on any atom is 0.120 e. The van der Waals surface area contributed by atoms with Crippen LogP contribution in [0.5, 0.6) is 5.75 Å². The van der Waals surface area contributed by atoms with Gasteiger partial charge in [0.05, 0.1) is 0 Å². The Morgan fingerprint density at radius 2 is 1.95 bits per heavy atom. The summed E-state index contributed by atoms with van der Waals surface area (Å²) < 4.78 is 0. The molecule has 0 aliphatic heterocycles. The van der Waals surface area contributed by atoms with Crippen LogP contribution in [0.15, 0.2) is 18.2 Å². The lowest BCUT2D eigenvalue weighted by Gasteiger charge is -2.31. The number of phenols is 1. The normalized spacial score (nSPS) is 18.7. The molecule has 106 valence electrons. The summed E-state index contributed by atoms with van der Waals surface area (Å²) >= 11 is 0. The molecule has 19 heavy (non-hydrogen) atoms. The summed E-state index contributed by atoms with van der Waals surface area (Å²) in [5.74, 6) is 1.27. The molecule has 0 amide bonds. The highest BCUT2D eigenvalue weighted by atomic mass is 16.3. The van der Waals surface area contributed by atoms with E-state index >= 15 is 0 Å². The smallest absolute Gasteiger partial charge is 0.120 e. The molecule has 1 fully saturated rings. The standard InChI is InChI=1S/C17H27NO/c1-13-9-10-17(19)16(11-13)14(2)18(3)12-15-7-5-4-6-8-15/h9-11,14-15,19H,4-8,12H2,1-3H3. The predicted octanol–water partition coefficient (Wildman–Crippen LogP) is 4.27. The predicted molar refractivity (Wildman–Crippen MR) is 80.5 cm³/mol. The fourth-order valence-electron chi connectivity index (χ4n) is 3.18. The molecule has 2 heteroatoms. The van der Waals surface area contributed by atoms with E-state index in [2.05, 4.69) is 31.9 Å². The van der Waals surface area contributed by atoms with Crippen molar-refractivity contribution >= 4 is 0 Å². The Bertz CT molecular complexity index is 410. The third-order valence-corrected chi connectivity index (χ3v) is 4.57. The van der Waals surface area contributed by atoms with Crippen LogP contribution < -0.4 is 0 Å². The molecule has 2 rings (SSSR count). The van der Waals surface area contributed by atoms with Gasteiger partial charge in [0.25, 0.3) is 0 Å². The van der Waals surface area contributed by atoms with Gasteiger partial charge in [-0.15, -0.1) is 0 Å². The summed E-state index contributed by atoms with van der Waals surface area (Å²) in [6.07, 6.45) is 6.94. The zero-order chi connectivity index (χ0) is 13.8. The molecule has 2 nitrogen and oxygen atoms in total.